The van der Waals surface area contributed by atoms with E-state index < -0.39 is 0 Å². The maximum atomic E-state index is 5.54. The monoisotopic (exact) mass is 347 g/mol. The van der Waals surface area contributed by atoms with Crippen molar-refractivity contribution in [3.8, 4) is 0 Å². The normalized spacial score (nSPS) is 11.2. The maximum Gasteiger partial charge on any atom is 0.169 e. The Morgan fingerprint density at radius 1 is 1.06 bits per heavy atom. The smallest absolute Gasteiger partial charge is 0.169 e. The molecule has 3 nitrogen and oxygen atoms in total. The third-order valence-electron chi connectivity index (χ3n) is 2.17. The van der Waals surface area contributed by atoms with Crippen LogP contribution in [-0.2, 0) is 0 Å². The number of nitrogens with one attached hydrogen (secondary N) is 1. The number of rotatable bonds is 4. The lowest BCUT2D eigenvalue weighted by Crippen LogP contribution is -2.20. The van der Waals surface area contributed by atoms with Crippen LogP contribution in [0.1, 0.15) is 24.5 Å². The van der Waals surface area contributed by atoms with Crippen molar-refractivity contribution in [1.29, 1.82) is 0 Å². The van der Waals surface area contributed by atoms with Crippen LogP contribution in [0.5, 0.6) is 0 Å². The van der Waals surface area contributed by atoms with E-state index in [0.29, 0.717) is 0 Å². The summed E-state index contributed by atoms with van der Waals surface area (Å²) in [6.45, 7) is 2.88. The molecule has 0 aliphatic heterocycles. The molecular formula is C11H11Br2NO2. The highest BCUT2D eigenvalue weighted by Gasteiger charge is 2.19. The van der Waals surface area contributed by atoms with E-state index in [1.54, 1.807) is 0 Å². The minimum Gasteiger partial charge on any atom is -0.452 e. The first kappa shape index (κ1) is 12.0. The molecular weight excluding hydrogens is 338 g/mol. The molecule has 2 aromatic rings. The van der Waals surface area contributed by atoms with E-state index in [1.807, 2.05) is 31.2 Å². The minimum atomic E-state index is -0.0531. The second kappa shape index (κ2) is 5.21. The minimum absolute atomic E-state index is 0.0531. The number of hydrogen-bond donors (Lipinski definition) is 1. The lowest BCUT2D eigenvalue weighted by molar-refractivity contribution is 0.380. The summed E-state index contributed by atoms with van der Waals surface area (Å²) in [5.41, 5.74) is 0. The van der Waals surface area contributed by atoms with Gasteiger partial charge >= 0.3 is 0 Å². The average molecular weight is 349 g/mol. The van der Waals surface area contributed by atoms with Gasteiger partial charge in [-0.1, -0.05) is 6.92 Å². The van der Waals surface area contributed by atoms with E-state index >= 15 is 0 Å². The number of hydrogen-bond acceptors (Lipinski definition) is 3. The molecule has 16 heavy (non-hydrogen) atoms. The number of furan rings is 2. The molecule has 86 valence electrons. The summed E-state index contributed by atoms with van der Waals surface area (Å²) < 4.78 is 12.5. The third kappa shape index (κ3) is 2.59. The second-order valence-corrected chi connectivity index (χ2v) is 4.84. The van der Waals surface area contributed by atoms with Crippen molar-refractivity contribution < 1.29 is 8.83 Å². The number of halogens is 2. The highest BCUT2D eigenvalue weighted by molar-refractivity contribution is 9.10. The molecule has 2 heterocycles. The topological polar surface area (TPSA) is 38.3 Å². The Morgan fingerprint density at radius 3 is 1.88 bits per heavy atom. The van der Waals surface area contributed by atoms with E-state index in [-0.39, 0.29) is 6.04 Å². The largest absolute Gasteiger partial charge is 0.452 e. The lowest BCUT2D eigenvalue weighted by atomic mass is 10.2. The van der Waals surface area contributed by atoms with Gasteiger partial charge in [0.1, 0.15) is 17.6 Å². The molecule has 0 saturated carbocycles. The van der Waals surface area contributed by atoms with Crippen LogP contribution in [0.3, 0.4) is 0 Å². The van der Waals surface area contributed by atoms with Crippen LogP contribution in [-0.4, -0.2) is 6.54 Å². The van der Waals surface area contributed by atoms with Gasteiger partial charge in [0.05, 0.1) is 0 Å². The SMILES string of the molecule is CCNC(c1ccc(Br)o1)c1ccc(Br)o1. The van der Waals surface area contributed by atoms with Gasteiger partial charge in [0.15, 0.2) is 9.34 Å². The highest BCUT2D eigenvalue weighted by Crippen LogP contribution is 2.28. The fourth-order valence-corrected chi connectivity index (χ4v) is 2.15. The van der Waals surface area contributed by atoms with E-state index in [9.17, 15) is 0 Å². The van der Waals surface area contributed by atoms with Gasteiger partial charge in [0, 0.05) is 0 Å². The molecule has 0 spiro atoms. The molecule has 0 unspecified atom stereocenters. The van der Waals surface area contributed by atoms with Gasteiger partial charge in [-0.2, -0.15) is 0 Å². The summed E-state index contributed by atoms with van der Waals surface area (Å²) >= 11 is 6.59. The molecule has 0 aliphatic carbocycles. The van der Waals surface area contributed by atoms with E-state index in [0.717, 1.165) is 27.4 Å². The van der Waals surface area contributed by atoms with Crippen molar-refractivity contribution >= 4 is 31.9 Å². The molecule has 0 fully saturated rings. The van der Waals surface area contributed by atoms with Crippen LogP contribution in [0.15, 0.2) is 42.4 Å². The van der Waals surface area contributed by atoms with E-state index in [2.05, 4.69) is 37.2 Å². The predicted molar refractivity (Wildman–Crippen MR) is 68.3 cm³/mol. The fourth-order valence-electron chi connectivity index (χ4n) is 1.51. The average Bonchev–Trinajstić information content (AvgIpc) is 2.84. The highest BCUT2D eigenvalue weighted by atomic mass is 79.9. The Labute approximate surface area is 110 Å². The first-order chi connectivity index (χ1) is 7.70. The standard InChI is InChI=1S/C11H11Br2NO2/c1-2-14-11(7-3-5-9(12)15-7)8-4-6-10(13)16-8/h3-6,11,14H,2H2,1H3. The molecule has 0 atom stereocenters. The molecule has 0 aliphatic rings. The van der Waals surface area contributed by atoms with Crippen LogP contribution in [0.4, 0.5) is 0 Å². The quantitative estimate of drug-likeness (QED) is 0.904. The van der Waals surface area contributed by atoms with Crippen molar-refractivity contribution in [3.63, 3.8) is 0 Å². The Hall–Kier alpha value is -0.520. The van der Waals surface area contributed by atoms with Gasteiger partial charge in [-0.05, 0) is 62.7 Å². The molecule has 0 aromatic carbocycles. The van der Waals surface area contributed by atoms with Crippen LogP contribution >= 0.6 is 31.9 Å². The van der Waals surface area contributed by atoms with Crippen LogP contribution in [0.2, 0.25) is 0 Å². The van der Waals surface area contributed by atoms with E-state index in [4.69, 9.17) is 8.83 Å². The molecule has 0 radical (unpaired) electrons. The van der Waals surface area contributed by atoms with Gasteiger partial charge in [0.25, 0.3) is 0 Å². The zero-order valence-corrected chi connectivity index (χ0v) is 11.8. The van der Waals surface area contributed by atoms with Crippen molar-refractivity contribution in [2.24, 2.45) is 0 Å². The summed E-state index contributed by atoms with van der Waals surface area (Å²) in [4.78, 5) is 0. The van der Waals surface area contributed by atoms with Crippen molar-refractivity contribution in [2.45, 2.75) is 13.0 Å². The van der Waals surface area contributed by atoms with Gasteiger partial charge in [-0.15, -0.1) is 0 Å². The fraction of sp³-hybridized carbons (Fsp3) is 0.273. The van der Waals surface area contributed by atoms with E-state index in [1.165, 1.54) is 0 Å². The summed E-state index contributed by atoms with van der Waals surface area (Å²) in [7, 11) is 0. The Bertz CT molecular complexity index is 424. The molecule has 2 rings (SSSR count). The molecule has 0 bridgehead atoms. The summed E-state index contributed by atoms with van der Waals surface area (Å²) in [5, 5.41) is 3.31. The lowest BCUT2D eigenvalue weighted by Gasteiger charge is -2.12. The Kier molecular flexibility index (Phi) is 3.89. The van der Waals surface area contributed by atoms with Crippen LogP contribution in [0, 0.1) is 0 Å². The summed E-state index contributed by atoms with van der Waals surface area (Å²) in [6.07, 6.45) is 0. The Balaban J connectivity index is 2.30. The molecule has 5 heteroatoms. The zero-order chi connectivity index (χ0) is 11.5. The first-order valence-corrected chi connectivity index (χ1v) is 6.53. The summed E-state index contributed by atoms with van der Waals surface area (Å²) in [6, 6.07) is 7.54. The van der Waals surface area contributed by atoms with Gasteiger partial charge in [0.2, 0.25) is 0 Å². The Morgan fingerprint density at radius 2 is 1.56 bits per heavy atom. The first-order valence-electron chi connectivity index (χ1n) is 4.94. The zero-order valence-electron chi connectivity index (χ0n) is 8.67. The van der Waals surface area contributed by atoms with Gasteiger partial charge in [-0.25, -0.2) is 0 Å². The molecule has 2 aromatic heterocycles. The van der Waals surface area contributed by atoms with Gasteiger partial charge in [-0.3, -0.25) is 0 Å². The van der Waals surface area contributed by atoms with Crippen LogP contribution in [0.25, 0.3) is 0 Å². The van der Waals surface area contributed by atoms with Crippen molar-refractivity contribution in [3.05, 3.63) is 45.1 Å². The molecule has 0 amide bonds. The van der Waals surface area contributed by atoms with Crippen molar-refractivity contribution in [1.82, 2.24) is 5.32 Å². The molecule has 0 saturated heterocycles. The predicted octanol–water partition coefficient (Wildman–Crippen LogP) is 4.10. The molecule has 1 N–H and O–H groups in total. The van der Waals surface area contributed by atoms with Crippen LogP contribution < -0.4 is 5.32 Å². The van der Waals surface area contributed by atoms with Gasteiger partial charge < -0.3 is 14.2 Å². The third-order valence-corrected chi connectivity index (χ3v) is 3.02. The summed E-state index contributed by atoms with van der Waals surface area (Å²) in [5.74, 6) is 1.66. The second-order valence-electron chi connectivity index (χ2n) is 3.27. The maximum absolute atomic E-state index is 5.54. The van der Waals surface area contributed by atoms with Crippen molar-refractivity contribution in [2.75, 3.05) is 6.54 Å².